The number of pyridine rings is 1. The van der Waals surface area contributed by atoms with E-state index in [4.69, 9.17) is 4.74 Å². The zero-order valence-corrected chi connectivity index (χ0v) is 11.9. The second-order valence-corrected chi connectivity index (χ2v) is 5.35. The molecule has 0 amide bonds. The molecule has 1 aromatic heterocycles. The van der Waals surface area contributed by atoms with Crippen LogP contribution < -0.4 is 4.74 Å². The van der Waals surface area contributed by atoms with E-state index in [1.54, 1.807) is 18.3 Å². The predicted molar refractivity (Wildman–Crippen MR) is 77.8 cm³/mol. The SMILES string of the molecule is COc1cccc(F)c1C(O)C1CCCc2cccnc21. The lowest BCUT2D eigenvalue weighted by Crippen LogP contribution is -2.20. The number of rotatable bonds is 3. The second kappa shape index (κ2) is 5.82. The standard InChI is InChI=1S/C17H18FNO2/c1-21-14-9-3-8-13(18)15(14)17(20)12-7-2-5-11-6-4-10-19-16(11)12/h3-4,6,8-10,12,17,20H,2,5,7H2,1H3. The van der Waals surface area contributed by atoms with Gasteiger partial charge in [-0.2, -0.15) is 0 Å². The number of methoxy groups -OCH3 is 1. The molecule has 110 valence electrons. The monoisotopic (exact) mass is 287 g/mol. The molecule has 0 bridgehead atoms. The van der Waals surface area contributed by atoms with Gasteiger partial charge in [0.1, 0.15) is 11.6 Å². The zero-order valence-electron chi connectivity index (χ0n) is 11.9. The normalized spacial score (nSPS) is 18.9. The Labute approximate surface area is 123 Å². The highest BCUT2D eigenvalue weighted by atomic mass is 19.1. The highest BCUT2D eigenvalue weighted by Gasteiger charge is 2.32. The highest BCUT2D eigenvalue weighted by molar-refractivity contribution is 5.39. The third-order valence-electron chi connectivity index (χ3n) is 4.15. The lowest BCUT2D eigenvalue weighted by Gasteiger charge is -2.29. The van der Waals surface area contributed by atoms with Gasteiger partial charge in [0.25, 0.3) is 0 Å². The van der Waals surface area contributed by atoms with Crippen molar-refractivity contribution >= 4 is 0 Å². The van der Waals surface area contributed by atoms with E-state index in [1.807, 2.05) is 12.1 Å². The zero-order chi connectivity index (χ0) is 14.8. The van der Waals surface area contributed by atoms with Crippen molar-refractivity contribution in [3.63, 3.8) is 0 Å². The number of ether oxygens (including phenoxy) is 1. The molecule has 0 saturated carbocycles. The molecule has 4 heteroatoms. The largest absolute Gasteiger partial charge is 0.496 e. The molecule has 1 N–H and O–H groups in total. The fourth-order valence-electron chi connectivity index (χ4n) is 3.14. The summed E-state index contributed by atoms with van der Waals surface area (Å²) in [6.45, 7) is 0. The number of benzene rings is 1. The molecule has 1 aliphatic rings. The number of aliphatic hydroxyl groups is 1. The Morgan fingerprint density at radius 2 is 2.19 bits per heavy atom. The van der Waals surface area contributed by atoms with Crippen molar-refractivity contribution in [2.75, 3.05) is 7.11 Å². The van der Waals surface area contributed by atoms with Crippen molar-refractivity contribution < 1.29 is 14.2 Å². The molecule has 3 nitrogen and oxygen atoms in total. The average Bonchev–Trinajstić information content (AvgIpc) is 2.53. The first kappa shape index (κ1) is 14.0. The molecule has 2 atom stereocenters. The first-order valence-electron chi connectivity index (χ1n) is 7.16. The van der Waals surface area contributed by atoms with Gasteiger partial charge in [0.15, 0.2) is 0 Å². The Morgan fingerprint density at radius 1 is 1.33 bits per heavy atom. The lowest BCUT2D eigenvalue weighted by molar-refractivity contribution is 0.126. The minimum absolute atomic E-state index is 0.194. The van der Waals surface area contributed by atoms with Gasteiger partial charge in [-0.05, 0) is 43.0 Å². The minimum Gasteiger partial charge on any atom is -0.496 e. The molecular formula is C17H18FNO2. The van der Waals surface area contributed by atoms with Gasteiger partial charge in [0.2, 0.25) is 0 Å². The summed E-state index contributed by atoms with van der Waals surface area (Å²) in [5, 5.41) is 10.7. The summed E-state index contributed by atoms with van der Waals surface area (Å²) >= 11 is 0. The van der Waals surface area contributed by atoms with E-state index in [-0.39, 0.29) is 11.5 Å². The van der Waals surface area contributed by atoms with Crippen molar-refractivity contribution in [2.24, 2.45) is 0 Å². The maximum Gasteiger partial charge on any atom is 0.132 e. The van der Waals surface area contributed by atoms with Gasteiger partial charge < -0.3 is 9.84 Å². The van der Waals surface area contributed by atoms with E-state index in [1.165, 1.54) is 13.2 Å². The van der Waals surface area contributed by atoms with Gasteiger partial charge >= 0.3 is 0 Å². The van der Waals surface area contributed by atoms with Crippen LogP contribution in [-0.2, 0) is 6.42 Å². The molecule has 2 aromatic rings. The van der Waals surface area contributed by atoms with Crippen molar-refractivity contribution in [3.05, 3.63) is 59.2 Å². The van der Waals surface area contributed by atoms with Gasteiger partial charge in [-0.25, -0.2) is 4.39 Å². The van der Waals surface area contributed by atoms with Crippen molar-refractivity contribution in [1.82, 2.24) is 4.98 Å². The highest BCUT2D eigenvalue weighted by Crippen LogP contribution is 2.42. The minimum atomic E-state index is -0.949. The number of fused-ring (bicyclic) bond motifs is 1. The molecule has 0 aliphatic heterocycles. The quantitative estimate of drug-likeness (QED) is 0.941. The number of aliphatic hydroxyl groups excluding tert-OH is 1. The summed E-state index contributed by atoms with van der Waals surface area (Å²) in [6, 6.07) is 8.53. The van der Waals surface area contributed by atoms with Gasteiger partial charge in [0, 0.05) is 17.8 Å². The summed E-state index contributed by atoms with van der Waals surface area (Å²) in [6.07, 6.45) is 3.50. The lowest BCUT2D eigenvalue weighted by atomic mass is 9.80. The summed E-state index contributed by atoms with van der Waals surface area (Å²) in [5.41, 5.74) is 2.24. The van der Waals surface area contributed by atoms with E-state index in [9.17, 15) is 9.50 Å². The Hall–Kier alpha value is -1.94. The van der Waals surface area contributed by atoms with Crippen LogP contribution in [0.1, 0.15) is 41.7 Å². The van der Waals surface area contributed by atoms with Gasteiger partial charge in [0.05, 0.1) is 18.8 Å². The van der Waals surface area contributed by atoms with Gasteiger partial charge in [-0.1, -0.05) is 12.1 Å². The van der Waals surface area contributed by atoms with E-state index < -0.39 is 11.9 Å². The van der Waals surface area contributed by atoms with Crippen LogP contribution in [-0.4, -0.2) is 17.2 Å². The number of nitrogens with zero attached hydrogens (tertiary/aromatic N) is 1. The molecule has 0 saturated heterocycles. The maximum absolute atomic E-state index is 14.2. The van der Waals surface area contributed by atoms with E-state index in [2.05, 4.69) is 4.98 Å². The Bertz CT molecular complexity index is 644. The van der Waals surface area contributed by atoms with Crippen LogP contribution in [0.4, 0.5) is 4.39 Å². The second-order valence-electron chi connectivity index (χ2n) is 5.35. The summed E-state index contributed by atoms with van der Waals surface area (Å²) in [5.74, 6) is -0.254. The molecule has 21 heavy (non-hydrogen) atoms. The molecule has 1 aliphatic carbocycles. The first-order chi connectivity index (χ1) is 10.2. The van der Waals surface area contributed by atoms with Crippen LogP contribution in [0.5, 0.6) is 5.75 Å². The Kier molecular flexibility index (Phi) is 3.88. The van der Waals surface area contributed by atoms with Crippen LogP contribution in [0.25, 0.3) is 0 Å². The number of halogens is 1. The summed E-state index contributed by atoms with van der Waals surface area (Å²) in [7, 11) is 1.48. The number of hydrogen-bond donors (Lipinski definition) is 1. The van der Waals surface area contributed by atoms with E-state index in [0.717, 1.165) is 30.5 Å². The fraction of sp³-hybridized carbons (Fsp3) is 0.353. The first-order valence-corrected chi connectivity index (χ1v) is 7.16. The molecule has 0 fully saturated rings. The van der Waals surface area contributed by atoms with E-state index in [0.29, 0.717) is 5.75 Å². The molecule has 2 unspecified atom stereocenters. The third kappa shape index (κ3) is 2.51. The van der Waals surface area contributed by atoms with Gasteiger partial charge in [-0.15, -0.1) is 0 Å². The Balaban J connectivity index is 2.03. The van der Waals surface area contributed by atoms with E-state index >= 15 is 0 Å². The third-order valence-corrected chi connectivity index (χ3v) is 4.15. The van der Waals surface area contributed by atoms with Gasteiger partial charge in [-0.3, -0.25) is 4.98 Å². The van der Waals surface area contributed by atoms with Crippen LogP contribution in [0.3, 0.4) is 0 Å². The number of aromatic nitrogens is 1. The fourth-order valence-corrected chi connectivity index (χ4v) is 3.14. The molecular weight excluding hydrogens is 269 g/mol. The molecule has 1 heterocycles. The van der Waals surface area contributed by atoms with Crippen molar-refractivity contribution in [1.29, 1.82) is 0 Å². The molecule has 3 rings (SSSR count). The van der Waals surface area contributed by atoms with Crippen LogP contribution in [0.15, 0.2) is 36.5 Å². The molecule has 1 aromatic carbocycles. The number of hydrogen-bond acceptors (Lipinski definition) is 3. The van der Waals surface area contributed by atoms with Crippen LogP contribution in [0, 0.1) is 5.82 Å². The van der Waals surface area contributed by atoms with Crippen LogP contribution in [0.2, 0.25) is 0 Å². The number of aryl methyl sites for hydroxylation is 1. The topological polar surface area (TPSA) is 42.4 Å². The Morgan fingerprint density at radius 3 is 3.00 bits per heavy atom. The van der Waals surface area contributed by atoms with Crippen molar-refractivity contribution in [3.8, 4) is 5.75 Å². The smallest absolute Gasteiger partial charge is 0.132 e. The average molecular weight is 287 g/mol. The molecule has 0 spiro atoms. The van der Waals surface area contributed by atoms with Crippen LogP contribution >= 0.6 is 0 Å². The maximum atomic E-state index is 14.2. The molecule has 0 radical (unpaired) electrons. The summed E-state index contributed by atoms with van der Waals surface area (Å²) in [4.78, 5) is 4.41. The van der Waals surface area contributed by atoms with Crippen molar-refractivity contribution in [2.45, 2.75) is 31.3 Å². The summed E-state index contributed by atoms with van der Waals surface area (Å²) < 4.78 is 19.4. The predicted octanol–water partition coefficient (Wildman–Crippen LogP) is 3.38.